The molecule has 2 aliphatic carbocycles. The van der Waals surface area contributed by atoms with Crippen LogP contribution in [0.15, 0.2) is 48.1 Å². The zero-order chi connectivity index (χ0) is 20.1. The Balaban J connectivity index is 1.56. The molecule has 4 N–H and O–H groups in total. The van der Waals surface area contributed by atoms with E-state index in [9.17, 15) is 15.0 Å². The highest BCUT2D eigenvalue weighted by molar-refractivity contribution is 5.92. The predicted molar refractivity (Wildman–Crippen MR) is 112 cm³/mol. The highest BCUT2D eigenvalue weighted by Crippen LogP contribution is 2.47. The quantitative estimate of drug-likeness (QED) is 0.448. The topological polar surface area (TPSA) is 83.5 Å². The Kier molecular flexibility index (Phi) is 7.08. The Morgan fingerprint density at radius 1 is 1.29 bits per heavy atom. The van der Waals surface area contributed by atoms with Gasteiger partial charge in [0.05, 0.1) is 12.2 Å². The second-order valence-corrected chi connectivity index (χ2v) is 8.42. The van der Waals surface area contributed by atoms with Crippen molar-refractivity contribution in [3.05, 3.63) is 59.2 Å². The summed E-state index contributed by atoms with van der Waals surface area (Å²) in [6.45, 7) is 2.16. The zero-order valence-corrected chi connectivity index (χ0v) is 16.8. The molecule has 0 saturated heterocycles. The molecule has 1 saturated carbocycles. The maximum Gasteiger partial charge on any atom is 0.248 e. The molecule has 3 rings (SSSR count). The highest BCUT2D eigenvalue weighted by Gasteiger charge is 2.43. The van der Waals surface area contributed by atoms with Crippen molar-refractivity contribution in [2.75, 3.05) is 0 Å². The summed E-state index contributed by atoms with van der Waals surface area (Å²) in [5.41, 5.74) is 8.41. The van der Waals surface area contributed by atoms with Crippen LogP contribution in [0.25, 0.3) is 0 Å². The molecule has 0 aromatic heterocycles. The van der Waals surface area contributed by atoms with Crippen LogP contribution in [0.5, 0.6) is 0 Å². The first-order valence-corrected chi connectivity index (χ1v) is 10.6. The number of amides is 1. The number of aliphatic hydroxyl groups is 2. The molecule has 28 heavy (non-hydrogen) atoms. The van der Waals surface area contributed by atoms with Gasteiger partial charge in [-0.05, 0) is 55.2 Å². The molecule has 0 bridgehead atoms. The number of carbonyl (C=O) groups is 1. The first kappa shape index (κ1) is 20.8. The third-order valence-electron chi connectivity index (χ3n) is 6.28. The van der Waals surface area contributed by atoms with Crippen molar-refractivity contribution in [2.24, 2.45) is 23.5 Å². The lowest BCUT2D eigenvalue weighted by Gasteiger charge is -2.19. The predicted octanol–water partition coefficient (Wildman–Crippen LogP) is 3.77. The molecular weight excluding hydrogens is 350 g/mol. The van der Waals surface area contributed by atoms with Crippen LogP contribution < -0.4 is 5.73 Å². The Morgan fingerprint density at radius 2 is 2.04 bits per heavy atom. The minimum absolute atomic E-state index is 0.122. The van der Waals surface area contributed by atoms with Gasteiger partial charge in [-0.3, -0.25) is 4.79 Å². The van der Waals surface area contributed by atoms with E-state index in [4.69, 9.17) is 5.73 Å². The van der Waals surface area contributed by atoms with E-state index < -0.39 is 12.0 Å². The van der Waals surface area contributed by atoms with E-state index in [1.165, 1.54) is 11.1 Å². The zero-order valence-electron chi connectivity index (χ0n) is 16.8. The molecule has 1 fully saturated rings. The van der Waals surface area contributed by atoms with E-state index in [-0.39, 0.29) is 12.0 Å². The third kappa shape index (κ3) is 5.12. The van der Waals surface area contributed by atoms with Gasteiger partial charge in [-0.2, -0.15) is 0 Å². The van der Waals surface area contributed by atoms with Crippen LogP contribution in [-0.4, -0.2) is 28.3 Å². The van der Waals surface area contributed by atoms with E-state index in [0.717, 1.165) is 44.9 Å². The van der Waals surface area contributed by atoms with Gasteiger partial charge in [0.1, 0.15) is 0 Å². The second kappa shape index (κ2) is 9.53. The monoisotopic (exact) mass is 383 g/mol. The number of hydrogen-bond donors (Lipinski definition) is 3. The summed E-state index contributed by atoms with van der Waals surface area (Å²) in [4.78, 5) is 11.2. The standard InChI is InChI=1S/C24H33NO3/c1-2-3-4-5-20(26)10-11-21-22-14-17(13-19(22)15-23(21)27)12-16-6-8-18(9-7-16)24(25)28/h6-11,13,19-23,26-27H,2-5,12,14-15H2,1H3,(H2,25,28)/b11-10+/t19-,20-,21+,22-,23+/m0/s1. The van der Waals surface area contributed by atoms with Gasteiger partial charge in [-0.25, -0.2) is 0 Å². The molecule has 0 aliphatic heterocycles. The second-order valence-electron chi connectivity index (χ2n) is 8.42. The van der Waals surface area contributed by atoms with Crippen molar-refractivity contribution >= 4 is 5.91 Å². The summed E-state index contributed by atoms with van der Waals surface area (Å²) in [6, 6.07) is 7.49. The van der Waals surface area contributed by atoms with Crippen molar-refractivity contribution in [2.45, 2.75) is 64.1 Å². The number of rotatable bonds is 9. The van der Waals surface area contributed by atoms with Crippen LogP contribution in [-0.2, 0) is 6.42 Å². The number of carbonyl (C=O) groups excluding carboxylic acids is 1. The number of benzene rings is 1. The van der Waals surface area contributed by atoms with Gasteiger partial charge in [-0.15, -0.1) is 0 Å². The van der Waals surface area contributed by atoms with Gasteiger partial charge in [0, 0.05) is 11.5 Å². The van der Waals surface area contributed by atoms with Crippen molar-refractivity contribution in [3.63, 3.8) is 0 Å². The van der Waals surface area contributed by atoms with E-state index >= 15 is 0 Å². The summed E-state index contributed by atoms with van der Waals surface area (Å²) in [7, 11) is 0. The summed E-state index contributed by atoms with van der Waals surface area (Å²) in [5, 5.41) is 20.6. The molecular formula is C24H33NO3. The van der Waals surface area contributed by atoms with Gasteiger partial charge in [0.2, 0.25) is 5.91 Å². The molecule has 0 unspecified atom stereocenters. The van der Waals surface area contributed by atoms with Crippen LogP contribution in [0.2, 0.25) is 0 Å². The van der Waals surface area contributed by atoms with E-state index in [1.54, 1.807) is 12.1 Å². The summed E-state index contributed by atoms with van der Waals surface area (Å²) in [6.07, 6.45) is 12.4. The average molecular weight is 384 g/mol. The van der Waals surface area contributed by atoms with Gasteiger partial charge in [0.15, 0.2) is 0 Å². The number of unbranched alkanes of at least 4 members (excludes halogenated alkanes) is 2. The van der Waals surface area contributed by atoms with Crippen LogP contribution in [0.3, 0.4) is 0 Å². The maximum absolute atomic E-state index is 11.2. The molecule has 0 spiro atoms. The molecule has 5 atom stereocenters. The van der Waals surface area contributed by atoms with Crippen molar-refractivity contribution in [1.82, 2.24) is 0 Å². The van der Waals surface area contributed by atoms with Gasteiger partial charge >= 0.3 is 0 Å². The number of fused-ring (bicyclic) bond motifs is 1. The van der Waals surface area contributed by atoms with Crippen LogP contribution >= 0.6 is 0 Å². The third-order valence-corrected chi connectivity index (χ3v) is 6.28. The molecule has 0 heterocycles. The lowest BCUT2D eigenvalue weighted by molar-refractivity contribution is 0.1000. The van der Waals surface area contributed by atoms with Crippen LogP contribution in [0.4, 0.5) is 0 Å². The highest BCUT2D eigenvalue weighted by atomic mass is 16.3. The Morgan fingerprint density at radius 3 is 2.71 bits per heavy atom. The first-order chi connectivity index (χ1) is 13.5. The molecule has 4 nitrogen and oxygen atoms in total. The molecule has 1 aromatic carbocycles. The Hall–Kier alpha value is -1.91. The molecule has 4 heteroatoms. The number of primary amides is 1. The van der Waals surface area contributed by atoms with Crippen molar-refractivity contribution in [3.8, 4) is 0 Å². The van der Waals surface area contributed by atoms with Gasteiger partial charge in [0.25, 0.3) is 0 Å². The molecule has 0 radical (unpaired) electrons. The minimum atomic E-state index is -0.407. The minimum Gasteiger partial charge on any atom is -0.392 e. The number of aliphatic hydroxyl groups excluding tert-OH is 2. The fourth-order valence-electron chi connectivity index (χ4n) is 4.74. The summed E-state index contributed by atoms with van der Waals surface area (Å²) < 4.78 is 0. The van der Waals surface area contributed by atoms with Crippen molar-refractivity contribution < 1.29 is 15.0 Å². The van der Waals surface area contributed by atoms with Gasteiger partial charge < -0.3 is 15.9 Å². The Labute approximate surface area is 168 Å². The number of allylic oxidation sites excluding steroid dienone is 2. The molecule has 1 amide bonds. The fraction of sp³-hybridized carbons (Fsp3) is 0.542. The smallest absolute Gasteiger partial charge is 0.248 e. The van der Waals surface area contributed by atoms with Crippen LogP contribution in [0, 0.1) is 17.8 Å². The van der Waals surface area contributed by atoms with E-state index in [0.29, 0.717) is 17.4 Å². The first-order valence-electron chi connectivity index (χ1n) is 10.6. The Bertz CT molecular complexity index is 722. The van der Waals surface area contributed by atoms with Crippen LogP contribution in [0.1, 0.15) is 61.4 Å². The largest absolute Gasteiger partial charge is 0.392 e. The SMILES string of the molecule is CCCCC[C@H](O)/C=C/[C@@H]1[C@H]2CC(Cc3ccc(C(N)=O)cc3)=C[C@H]2C[C@H]1O. The summed E-state index contributed by atoms with van der Waals surface area (Å²) in [5.74, 6) is 0.564. The fourth-order valence-corrected chi connectivity index (χ4v) is 4.74. The molecule has 152 valence electrons. The lowest BCUT2D eigenvalue weighted by atomic mass is 9.88. The van der Waals surface area contributed by atoms with Gasteiger partial charge in [-0.1, -0.05) is 62.1 Å². The number of nitrogens with two attached hydrogens (primary N) is 1. The lowest BCUT2D eigenvalue weighted by Crippen LogP contribution is -2.18. The van der Waals surface area contributed by atoms with E-state index in [1.807, 2.05) is 18.2 Å². The average Bonchev–Trinajstić information content (AvgIpc) is 3.17. The normalized spacial score (nSPS) is 27.8. The molecule has 1 aromatic rings. The number of hydrogen-bond acceptors (Lipinski definition) is 3. The molecule has 2 aliphatic rings. The maximum atomic E-state index is 11.2. The van der Waals surface area contributed by atoms with Crippen molar-refractivity contribution in [1.29, 1.82) is 0 Å². The summed E-state index contributed by atoms with van der Waals surface area (Å²) >= 11 is 0. The van der Waals surface area contributed by atoms with E-state index in [2.05, 4.69) is 19.1 Å².